The lowest BCUT2D eigenvalue weighted by atomic mass is 9.82. The van der Waals surface area contributed by atoms with Gasteiger partial charge in [-0.1, -0.05) is 62.0 Å². The molecular weight excluding hydrogens is 420 g/mol. The molecular formula is C26H26N2O3S. The van der Waals surface area contributed by atoms with E-state index < -0.39 is 11.9 Å². The van der Waals surface area contributed by atoms with E-state index in [2.05, 4.69) is 18.0 Å². The van der Waals surface area contributed by atoms with Gasteiger partial charge in [0.25, 0.3) is 0 Å². The van der Waals surface area contributed by atoms with Gasteiger partial charge in [0.2, 0.25) is 0 Å². The number of hydrogen-bond acceptors (Lipinski definition) is 6. The number of ether oxygens (including phenoxy) is 2. The molecule has 0 saturated heterocycles. The first-order valence-electron chi connectivity index (χ1n) is 10.4. The molecule has 0 amide bonds. The molecule has 6 heteroatoms. The second-order valence-electron chi connectivity index (χ2n) is 7.11. The first-order chi connectivity index (χ1) is 15.6. The fraction of sp³-hybridized carbons (Fsp3) is 0.231. The summed E-state index contributed by atoms with van der Waals surface area (Å²) in [5.41, 5.74) is 3.53. The van der Waals surface area contributed by atoms with Crippen LogP contribution in [0, 0.1) is 11.3 Å². The normalized spacial score (nSPS) is 15.6. The van der Waals surface area contributed by atoms with E-state index in [1.54, 1.807) is 11.8 Å². The van der Waals surface area contributed by atoms with Crippen LogP contribution in [0.15, 0.2) is 89.1 Å². The minimum Gasteiger partial charge on any atom is -0.489 e. The van der Waals surface area contributed by atoms with Gasteiger partial charge < -0.3 is 14.8 Å². The van der Waals surface area contributed by atoms with Gasteiger partial charge in [0.05, 0.1) is 28.2 Å². The van der Waals surface area contributed by atoms with Crippen molar-refractivity contribution in [3.63, 3.8) is 0 Å². The molecule has 1 atom stereocenters. The maximum absolute atomic E-state index is 12.9. The van der Waals surface area contributed by atoms with Crippen LogP contribution < -0.4 is 10.1 Å². The monoisotopic (exact) mass is 446 g/mol. The molecule has 3 rings (SSSR count). The van der Waals surface area contributed by atoms with Gasteiger partial charge in [-0.15, -0.1) is 11.8 Å². The van der Waals surface area contributed by atoms with Gasteiger partial charge in [-0.3, -0.25) is 0 Å². The van der Waals surface area contributed by atoms with Gasteiger partial charge in [0, 0.05) is 5.70 Å². The molecule has 0 bridgehead atoms. The fourth-order valence-corrected chi connectivity index (χ4v) is 4.32. The van der Waals surface area contributed by atoms with Gasteiger partial charge in [0.1, 0.15) is 19.0 Å². The summed E-state index contributed by atoms with van der Waals surface area (Å²) in [6, 6.07) is 19.8. The standard InChI is InChI=1S/C26H26N2O3S/c1-4-15-30-26(29)23-18(3)28-25(32-5-2)22(16-27)24(23)20-11-13-21(14-12-20)31-17-19-9-7-6-8-10-19/h4,6-14,24,28H,1,5,15,17H2,2-3H3. The van der Waals surface area contributed by atoms with Crippen molar-refractivity contribution in [1.82, 2.24) is 5.32 Å². The van der Waals surface area contributed by atoms with Crippen molar-refractivity contribution in [3.8, 4) is 11.8 Å². The summed E-state index contributed by atoms with van der Waals surface area (Å²) in [7, 11) is 0. The number of carbonyl (C=O) groups excluding carboxylic acids is 1. The van der Waals surface area contributed by atoms with Crippen molar-refractivity contribution < 1.29 is 14.3 Å². The van der Waals surface area contributed by atoms with Crippen LogP contribution in [-0.4, -0.2) is 18.3 Å². The minimum absolute atomic E-state index is 0.108. The summed E-state index contributed by atoms with van der Waals surface area (Å²) in [4.78, 5) is 12.9. The van der Waals surface area contributed by atoms with Crippen LogP contribution in [0.3, 0.4) is 0 Å². The number of thioether (sulfide) groups is 1. The number of nitriles is 1. The topological polar surface area (TPSA) is 71.3 Å². The first kappa shape index (κ1) is 23.2. The number of nitrogens with zero attached hydrogens (tertiary/aromatic N) is 1. The van der Waals surface area contributed by atoms with Crippen LogP contribution in [-0.2, 0) is 16.1 Å². The van der Waals surface area contributed by atoms with Crippen molar-refractivity contribution >= 4 is 17.7 Å². The summed E-state index contributed by atoms with van der Waals surface area (Å²) in [6.45, 7) is 8.03. The van der Waals surface area contributed by atoms with Gasteiger partial charge in [-0.2, -0.15) is 5.26 Å². The van der Waals surface area contributed by atoms with Crippen molar-refractivity contribution in [1.29, 1.82) is 5.26 Å². The molecule has 0 aliphatic carbocycles. The largest absolute Gasteiger partial charge is 0.489 e. The van der Waals surface area contributed by atoms with Gasteiger partial charge >= 0.3 is 5.97 Å². The molecule has 0 aromatic heterocycles. The summed E-state index contributed by atoms with van der Waals surface area (Å²) in [5, 5.41) is 14.0. The number of carbonyl (C=O) groups is 1. The highest BCUT2D eigenvalue weighted by Crippen LogP contribution is 2.41. The Kier molecular flexibility index (Phi) is 8.18. The number of esters is 1. The predicted molar refractivity (Wildman–Crippen MR) is 128 cm³/mol. The number of nitrogens with one attached hydrogen (secondary N) is 1. The lowest BCUT2D eigenvalue weighted by Gasteiger charge is -2.29. The first-order valence-corrected chi connectivity index (χ1v) is 11.4. The summed E-state index contributed by atoms with van der Waals surface area (Å²) in [5.74, 6) is 0.540. The SMILES string of the molecule is C=CCOC(=O)C1=C(C)NC(SCC)=C(C#N)C1c1ccc(OCc2ccccc2)cc1. The average Bonchev–Trinajstić information content (AvgIpc) is 2.82. The number of hydrogen-bond donors (Lipinski definition) is 1. The van der Waals surface area contributed by atoms with E-state index in [9.17, 15) is 10.1 Å². The Bertz CT molecular complexity index is 1070. The molecule has 164 valence electrons. The van der Waals surface area contributed by atoms with Crippen molar-refractivity contribution in [3.05, 3.63) is 100 Å². The van der Waals surface area contributed by atoms with Crippen molar-refractivity contribution in [2.75, 3.05) is 12.4 Å². The highest BCUT2D eigenvalue weighted by Gasteiger charge is 2.35. The van der Waals surface area contributed by atoms with Gasteiger partial charge in [-0.25, -0.2) is 4.79 Å². The Hall–Kier alpha value is -3.43. The molecule has 0 saturated carbocycles. The lowest BCUT2D eigenvalue weighted by Crippen LogP contribution is -2.29. The number of rotatable bonds is 9. The number of allylic oxidation sites excluding steroid dienone is 2. The molecule has 2 aromatic rings. The van der Waals surface area contributed by atoms with E-state index in [0.717, 1.165) is 21.9 Å². The third kappa shape index (κ3) is 5.43. The average molecular weight is 447 g/mol. The summed E-state index contributed by atoms with van der Waals surface area (Å²) >= 11 is 1.55. The van der Waals surface area contributed by atoms with Crippen LogP contribution in [0.5, 0.6) is 5.75 Å². The molecule has 1 unspecified atom stereocenters. The molecule has 0 spiro atoms. The van der Waals surface area contributed by atoms with E-state index in [1.807, 2.05) is 68.4 Å². The van der Waals surface area contributed by atoms with E-state index >= 15 is 0 Å². The van der Waals surface area contributed by atoms with Crippen molar-refractivity contribution in [2.45, 2.75) is 26.4 Å². The highest BCUT2D eigenvalue weighted by atomic mass is 32.2. The molecule has 1 aliphatic heterocycles. The zero-order valence-corrected chi connectivity index (χ0v) is 19.1. The van der Waals surface area contributed by atoms with Gasteiger partial charge in [0.15, 0.2) is 0 Å². The van der Waals surface area contributed by atoms with Crippen molar-refractivity contribution in [2.24, 2.45) is 0 Å². The molecule has 1 N–H and O–H groups in total. The Labute approximate surface area is 193 Å². The zero-order valence-electron chi connectivity index (χ0n) is 18.3. The summed E-state index contributed by atoms with van der Waals surface area (Å²) in [6.07, 6.45) is 1.53. The minimum atomic E-state index is -0.518. The third-order valence-corrected chi connectivity index (χ3v) is 5.85. The molecule has 0 fully saturated rings. The van der Waals surface area contributed by atoms with Crippen LogP contribution >= 0.6 is 11.8 Å². The maximum Gasteiger partial charge on any atom is 0.337 e. The van der Waals surface area contributed by atoms with E-state index in [4.69, 9.17) is 9.47 Å². The molecule has 5 nitrogen and oxygen atoms in total. The molecule has 2 aromatic carbocycles. The predicted octanol–water partition coefficient (Wildman–Crippen LogP) is 5.44. The van der Waals surface area contributed by atoms with Crippen LogP contribution in [0.1, 0.15) is 30.9 Å². The molecule has 1 aliphatic rings. The van der Waals surface area contributed by atoms with Crippen LogP contribution in [0.2, 0.25) is 0 Å². The molecule has 0 radical (unpaired) electrons. The molecule has 32 heavy (non-hydrogen) atoms. The van der Waals surface area contributed by atoms with Crippen LogP contribution in [0.4, 0.5) is 0 Å². The smallest absolute Gasteiger partial charge is 0.337 e. The Balaban J connectivity index is 1.92. The Morgan fingerprint density at radius 1 is 1.22 bits per heavy atom. The lowest BCUT2D eigenvalue weighted by molar-refractivity contribution is -0.138. The van der Waals surface area contributed by atoms with E-state index in [-0.39, 0.29) is 6.61 Å². The van der Waals surface area contributed by atoms with E-state index in [0.29, 0.717) is 29.2 Å². The number of dihydropyridines is 1. The van der Waals surface area contributed by atoms with Gasteiger partial charge in [-0.05, 0) is 35.9 Å². The molecule has 1 heterocycles. The fourth-order valence-electron chi connectivity index (χ4n) is 3.48. The quantitative estimate of drug-likeness (QED) is 0.408. The Morgan fingerprint density at radius 2 is 1.94 bits per heavy atom. The third-order valence-electron chi connectivity index (χ3n) is 4.95. The van der Waals surface area contributed by atoms with Crippen LogP contribution in [0.25, 0.3) is 0 Å². The zero-order chi connectivity index (χ0) is 22.9. The maximum atomic E-state index is 12.9. The second kappa shape index (κ2) is 11.3. The second-order valence-corrected chi connectivity index (χ2v) is 8.39. The van der Waals surface area contributed by atoms with E-state index in [1.165, 1.54) is 6.08 Å². The summed E-state index contributed by atoms with van der Waals surface area (Å²) < 4.78 is 11.2. The number of benzene rings is 2. The Morgan fingerprint density at radius 3 is 2.56 bits per heavy atom. The highest BCUT2D eigenvalue weighted by molar-refractivity contribution is 8.03.